The topological polar surface area (TPSA) is 87.8 Å². The van der Waals surface area contributed by atoms with Crippen LogP contribution in [0.25, 0.3) is 5.69 Å². The summed E-state index contributed by atoms with van der Waals surface area (Å²) in [6.45, 7) is 3.59. The van der Waals surface area contributed by atoms with E-state index >= 15 is 0 Å². The van der Waals surface area contributed by atoms with Gasteiger partial charge in [-0.3, -0.25) is 14.7 Å². The molecule has 5 heterocycles. The van der Waals surface area contributed by atoms with Crippen LogP contribution in [0.4, 0.5) is 0 Å². The standard InChI is InChI=1S/C27H32N4O5/c1-34-27(33)26-23-9-12-29(18-21-7-5-11-30(21)20-6-4-10-28-17-20)13-14-31(23)25(32)16-24(26)36-19-22-8-2-3-15-35-22/h4-7,10-11,16-17,22H,2-3,8-9,12-15,18-19H2,1H3. The van der Waals surface area contributed by atoms with Crippen molar-refractivity contribution in [2.75, 3.05) is 33.4 Å². The van der Waals surface area contributed by atoms with Crippen molar-refractivity contribution in [1.82, 2.24) is 19.0 Å². The number of aromatic nitrogens is 3. The average molecular weight is 493 g/mol. The summed E-state index contributed by atoms with van der Waals surface area (Å²) in [7, 11) is 1.36. The highest BCUT2D eigenvalue weighted by atomic mass is 16.5. The second-order valence-corrected chi connectivity index (χ2v) is 9.22. The molecule has 0 spiro atoms. The minimum absolute atomic E-state index is 0.0302. The largest absolute Gasteiger partial charge is 0.490 e. The fraction of sp³-hybridized carbons (Fsp3) is 0.444. The molecule has 0 bridgehead atoms. The second kappa shape index (κ2) is 11.1. The quantitative estimate of drug-likeness (QED) is 0.469. The molecule has 3 aromatic heterocycles. The number of hydrogen-bond acceptors (Lipinski definition) is 7. The summed E-state index contributed by atoms with van der Waals surface area (Å²) in [5.74, 6) is -0.205. The minimum atomic E-state index is -0.489. The highest BCUT2D eigenvalue weighted by Crippen LogP contribution is 2.26. The normalized spacial score (nSPS) is 18.3. The number of ether oxygens (including phenoxy) is 3. The van der Waals surface area contributed by atoms with Crippen LogP contribution >= 0.6 is 0 Å². The van der Waals surface area contributed by atoms with Gasteiger partial charge in [-0.15, -0.1) is 0 Å². The van der Waals surface area contributed by atoms with E-state index < -0.39 is 5.97 Å². The Bertz CT molecular complexity index is 1250. The van der Waals surface area contributed by atoms with Crippen LogP contribution in [-0.4, -0.2) is 64.5 Å². The number of rotatable bonds is 7. The van der Waals surface area contributed by atoms with E-state index in [9.17, 15) is 9.59 Å². The predicted molar refractivity (Wildman–Crippen MR) is 134 cm³/mol. The van der Waals surface area contributed by atoms with Crippen molar-refractivity contribution in [3.05, 3.63) is 76.2 Å². The molecule has 1 saturated heterocycles. The Morgan fingerprint density at radius 1 is 1.19 bits per heavy atom. The molecule has 9 nitrogen and oxygen atoms in total. The Labute approximate surface area is 210 Å². The lowest BCUT2D eigenvalue weighted by Crippen LogP contribution is -2.30. The molecule has 2 aliphatic heterocycles. The molecule has 1 unspecified atom stereocenters. The van der Waals surface area contributed by atoms with Crippen LogP contribution in [0.3, 0.4) is 0 Å². The Morgan fingerprint density at radius 3 is 2.89 bits per heavy atom. The van der Waals surface area contributed by atoms with Gasteiger partial charge in [0.25, 0.3) is 5.56 Å². The summed E-state index contributed by atoms with van der Waals surface area (Å²) in [5.41, 5.74) is 2.97. The molecule has 0 aliphatic carbocycles. The van der Waals surface area contributed by atoms with Crippen LogP contribution in [0.2, 0.25) is 0 Å². The molecule has 3 aromatic rings. The molecular formula is C27H32N4O5. The molecule has 9 heteroatoms. The van der Waals surface area contributed by atoms with Gasteiger partial charge in [0.05, 0.1) is 25.1 Å². The van der Waals surface area contributed by atoms with Crippen LogP contribution in [0.1, 0.15) is 41.0 Å². The maximum Gasteiger partial charge on any atom is 0.343 e. The summed E-state index contributed by atoms with van der Waals surface area (Å²) < 4.78 is 20.7. The van der Waals surface area contributed by atoms with Gasteiger partial charge >= 0.3 is 5.97 Å². The molecule has 2 aliphatic rings. The van der Waals surface area contributed by atoms with E-state index in [1.807, 2.05) is 30.6 Å². The predicted octanol–water partition coefficient (Wildman–Crippen LogP) is 2.83. The van der Waals surface area contributed by atoms with E-state index in [4.69, 9.17) is 14.2 Å². The fourth-order valence-electron chi connectivity index (χ4n) is 5.03. The van der Waals surface area contributed by atoms with E-state index in [1.54, 1.807) is 10.8 Å². The zero-order chi connectivity index (χ0) is 24.9. The van der Waals surface area contributed by atoms with Gasteiger partial charge in [-0.2, -0.15) is 0 Å². The van der Waals surface area contributed by atoms with Crippen LogP contribution < -0.4 is 10.3 Å². The summed E-state index contributed by atoms with van der Waals surface area (Å²) in [5, 5.41) is 0. The van der Waals surface area contributed by atoms with Gasteiger partial charge in [0.1, 0.15) is 17.9 Å². The van der Waals surface area contributed by atoms with Gasteiger partial charge in [-0.25, -0.2) is 4.79 Å². The van der Waals surface area contributed by atoms with E-state index in [-0.39, 0.29) is 17.4 Å². The third-order valence-corrected chi connectivity index (χ3v) is 6.92. The lowest BCUT2D eigenvalue weighted by Gasteiger charge is -2.24. The first-order valence-corrected chi connectivity index (χ1v) is 12.5. The highest BCUT2D eigenvalue weighted by molar-refractivity contribution is 5.93. The van der Waals surface area contributed by atoms with Crippen LogP contribution in [-0.2, 0) is 29.0 Å². The van der Waals surface area contributed by atoms with Crippen molar-refractivity contribution >= 4 is 5.97 Å². The molecule has 0 radical (unpaired) electrons. The van der Waals surface area contributed by atoms with E-state index in [1.165, 1.54) is 13.2 Å². The summed E-state index contributed by atoms with van der Waals surface area (Å²) in [6, 6.07) is 9.48. The summed E-state index contributed by atoms with van der Waals surface area (Å²) >= 11 is 0. The SMILES string of the molecule is COC(=O)c1c(OCC2CCCCO2)cc(=O)n2c1CCN(Cc1cccn1-c1cccnc1)CC2. The first-order valence-electron chi connectivity index (χ1n) is 12.5. The second-order valence-electron chi connectivity index (χ2n) is 9.22. The lowest BCUT2D eigenvalue weighted by molar-refractivity contribution is -0.0114. The smallest absolute Gasteiger partial charge is 0.343 e. The van der Waals surface area contributed by atoms with Gasteiger partial charge in [-0.1, -0.05) is 0 Å². The molecule has 1 fully saturated rings. The molecule has 0 amide bonds. The molecular weight excluding hydrogens is 460 g/mol. The average Bonchev–Trinajstić information content (AvgIpc) is 3.27. The Kier molecular flexibility index (Phi) is 7.48. The number of carbonyl (C=O) groups is 1. The molecule has 0 saturated carbocycles. The maximum absolute atomic E-state index is 13.1. The van der Waals surface area contributed by atoms with Gasteiger partial charge in [0, 0.05) is 69.1 Å². The zero-order valence-electron chi connectivity index (χ0n) is 20.6. The Balaban J connectivity index is 1.36. The van der Waals surface area contributed by atoms with Gasteiger partial charge in [0.15, 0.2) is 0 Å². The van der Waals surface area contributed by atoms with Crippen molar-refractivity contribution in [3.8, 4) is 11.4 Å². The molecule has 1 atom stereocenters. The first-order chi connectivity index (χ1) is 17.6. The molecule has 36 heavy (non-hydrogen) atoms. The monoisotopic (exact) mass is 492 g/mol. The molecule has 5 rings (SSSR count). The lowest BCUT2D eigenvalue weighted by atomic mass is 10.1. The van der Waals surface area contributed by atoms with Crippen LogP contribution in [0, 0.1) is 0 Å². The summed E-state index contributed by atoms with van der Waals surface area (Å²) in [6.07, 6.45) is 9.17. The number of pyridine rings is 2. The zero-order valence-corrected chi connectivity index (χ0v) is 20.6. The number of methoxy groups -OCH3 is 1. The molecule has 190 valence electrons. The van der Waals surface area contributed by atoms with Gasteiger partial charge in [-0.05, 0) is 43.5 Å². The fourth-order valence-corrected chi connectivity index (χ4v) is 5.03. The maximum atomic E-state index is 13.1. The van der Waals surface area contributed by atoms with Crippen molar-refractivity contribution in [3.63, 3.8) is 0 Å². The van der Waals surface area contributed by atoms with Crippen molar-refractivity contribution in [2.45, 2.75) is 44.9 Å². The van der Waals surface area contributed by atoms with Crippen molar-refractivity contribution in [1.29, 1.82) is 0 Å². The number of nitrogens with zero attached hydrogens (tertiary/aromatic N) is 4. The highest BCUT2D eigenvalue weighted by Gasteiger charge is 2.27. The van der Waals surface area contributed by atoms with E-state index in [0.29, 0.717) is 57.1 Å². The van der Waals surface area contributed by atoms with Crippen LogP contribution in [0.5, 0.6) is 5.75 Å². The number of esters is 1. The van der Waals surface area contributed by atoms with E-state index in [0.717, 1.165) is 30.6 Å². The molecule has 0 N–H and O–H groups in total. The number of carbonyl (C=O) groups excluding carboxylic acids is 1. The van der Waals surface area contributed by atoms with Crippen molar-refractivity contribution < 1.29 is 19.0 Å². The number of hydrogen-bond donors (Lipinski definition) is 0. The number of fused-ring (bicyclic) bond motifs is 1. The van der Waals surface area contributed by atoms with Gasteiger partial charge < -0.3 is 23.3 Å². The Hall–Kier alpha value is -3.43. The van der Waals surface area contributed by atoms with Crippen LogP contribution in [0.15, 0.2) is 53.7 Å². The molecule has 0 aromatic carbocycles. The summed E-state index contributed by atoms with van der Waals surface area (Å²) in [4.78, 5) is 32.5. The third-order valence-electron chi connectivity index (χ3n) is 6.92. The van der Waals surface area contributed by atoms with Crippen molar-refractivity contribution in [2.24, 2.45) is 0 Å². The van der Waals surface area contributed by atoms with Gasteiger partial charge in [0.2, 0.25) is 0 Å². The third kappa shape index (κ3) is 5.22. The first kappa shape index (κ1) is 24.3. The minimum Gasteiger partial charge on any atom is -0.490 e. The Morgan fingerprint density at radius 2 is 2.11 bits per heavy atom. The van der Waals surface area contributed by atoms with E-state index in [2.05, 4.69) is 20.5 Å².